The van der Waals surface area contributed by atoms with E-state index in [9.17, 15) is 4.79 Å². The first-order chi connectivity index (χ1) is 5.74. The van der Waals surface area contributed by atoms with Crippen LogP contribution in [0.3, 0.4) is 0 Å². The zero-order valence-electron chi connectivity index (χ0n) is 7.00. The van der Waals surface area contributed by atoms with Crippen molar-refractivity contribution in [2.45, 2.75) is 19.4 Å². The Balaban J connectivity index is 2.61. The predicted octanol–water partition coefficient (Wildman–Crippen LogP) is 0.00770. The van der Waals surface area contributed by atoms with Crippen LogP contribution in [0.25, 0.3) is 0 Å². The van der Waals surface area contributed by atoms with E-state index in [2.05, 4.69) is 5.10 Å². The summed E-state index contributed by atoms with van der Waals surface area (Å²) < 4.78 is 1.77. The number of fused-ring (bicyclic) bond motifs is 1. The van der Waals surface area contributed by atoms with Crippen LogP contribution in [-0.2, 0) is 20.0 Å². The average molecular weight is 165 g/mol. The number of nitrogens with two attached hydrogens (primary N) is 1. The van der Waals surface area contributed by atoms with E-state index < -0.39 is 0 Å². The topological polar surface area (TPSA) is 60.9 Å². The fraction of sp³-hybridized carbons (Fsp3) is 0.500. The van der Waals surface area contributed by atoms with Crippen molar-refractivity contribution in [3.63, 3.8) is 0 Å². The van der Waals surface area contributed by atoms with E-state index in [0.717, 1.165) is 23.4 Å². The maximum absolute atomic E-state index is 11.3. The number of nitrogens with zero attached hydrogens (tertiary/aromatic N) is 2. The van der Waals surface area contributed by atoms with Gasteiger partial charge in [-0.3, -0.25) is 9.48 Å². The molecule has 1 heterocycles. The molecule has 2 N–H and O–H groups in total. The molecule has 1 aromatic heterocycles. The number of carbonyl (C=O) groups is 1. The lowest BCUT2D eigenvalue weighted by atomic mass is 10.2. The minimum Gasteiger partial charge on any atom is -0.325 e. The number of ketones is 1. The second-order valence-electron chi connectivity index (χ2n) is 3.02. The lowest BCUT2D eigenvalue weighted by molar-refractivity contribution is 0.0993. The first-order valence-electron chi connectivity index (χ1n) is 4.02. The Hall–Kier alpha value is -1.16. The van der Waals surface area contributed by atoms with E-state index in [4.69, 9.17) is 5.73 Å². The molecule has 0 atom stereocenters. The van der Waals surface area contributed by atoms with E-state index in [1.54, 1.807) is 4.68 Å². The monoisotopic (exact) mass is 165 g/mol. The lowest BCUT2D eigenvalue weighted by Gasteiger charge is -1.92. The first-order valence-corrected chi connectivity index (χ1v) is 4.02. The van der Waals surface area contributed by atoms with Crippen molar-refractivity contribution >= 4 is 5.78 Å². The number of carbonyl (C=O) groups excluding carboxylic acids is 1. The van der Waals surface area contributed by atoms with Gasteiger partial charge in [-0.05, 0) is 6.42 Å². The molecule has 0 saturated carbocycles. The number of aryl methyl sites for hydroxylation is 1. The summed E-state index contributed by atoms with van der Waals surface area (Å²) in [5.41, 5.74) is 8.04. The molecule has 0 unspecified atom stereocenters. The van der Waals surface area contributed by atoms with Gasteiger partial charge in [0.2, 0.25) is 0 Å². The Kier molecular flexibility index (Phi) is 1.51. The van der Waals surface area contributed by atoms with Gasteiger partial charge in [-0.1, -0.05) is 0 Å². The van der Waals surface area contributed by atoms with Gasteiger partial charge in [-0.25, -0.2) is 0 Å². The summed E-state index contributed by atoms with van der Waals surface area (Å²) in [6.45, 7) is 0.356. The SMILES string of the molecule is Cn1nc(CN)c2c1CCC2=O. The third kappa shape index (κ3) is 0.814. The average Bonchev–Trinajstić information content (AvgIpc) is 2.56. The van der Waals surface area contributed by atoms with Crippen LogP contribution in [0.4, 0.5) is 0 Å². The van der Waals surface area contributed by atoms with Crippen LogP contribution in [-0.4, -0.2) is 15.6 Å². The summed E-state index contributed by atoms with van der Waals surface area (Å²) in [5.74, 6) is 0.193. The van der Waals surface area contributed by atoms with E-state index in [1.165, 1.54) is 0 Å². The molecule has 1 aliphatic carbocycles. The predicted molar refractivity (Wildman–Crippen MR) is 43.8 cm³/mol. The highest BCUT2D eigenvalue weighted by Crippen LogP contribution is 2.24. The molecule has 4 heteroatoms. The summed E-state index contributed by atoms with van der Waals surface area (Å²) in [7, 11) is 1.86. The summed E-state index contributed by atoms with van der Waals surface area (Å²) in [6, 6.07) is 0. The third-order valence-corrected chi connectivity index (χ3v) is 2.30. The molecule has 0 spiro atoms. The molecule has 0 aromatic carbocycles. The molecule has 2 rings (SSSR count). The van der Waals surface area contributed by atoms with Crippen LogP contribution in [0.5, 0.6) is 0 Å². The Bertz CT molecular complexity index is 340. The molecule has 0 fully saturated rings. The Morgan fingerprint density at radius 2 is 2.33 bits per heavy atom. The van der Waals surface area contributed by atoms with Crippen molar-refractivity contribution in [2.24, 2.45) is 12.8 Å². The molecule has 64 valence electrons. The highest BCUT2D eigenvalue weighted by atomic mass is 16.1. The Morgan fingerprint density at radius 1 is 1.58 bits per heavy atom. The van der Waals surface area contributed by atoms with E-state index in [-0.39, 0.29) is 5.78 Å². The second kappa shape index (κ2) is 2.42. The van der Waals surface area contributed by atoms with Crippen molar-refractivity contribution in [3.05, 3.63) is 17.0 Å². The van der Waals surface area contributed by atoms with E-state index in [1.807, 2.05) is 7.05 Å². The van der Waals surface area contributed by atoms with Gasteiger partial charge in [-0.2, -0.15) is 5.10 Å². The van der Waals surface area contributed by atoms with Gasteiger partial charge in [0.15, 0.2) is 5.78 Å². The molecule has 1 aliphatic rings. The zero-order valence-corrected chi connectivity index (χ0v) is 7.00. The smallest absolute Gasteiger partial charge is 0.167 e. The molecule has 0 aliphatic heterocycles. The Labute approximate surface area is 70.4 Å². The van der Waals surface area contributed by atoms with Gasteiger partial charge < -0.3 is 5.73 Å². The van der Waals surface area contributed by atoms with Gasteiger partial charge in [-0.15, -0.1) is 0 Å². The second-order valence-corrected chi connectivity index (χ2v) is 3.02. The summed E-state index contributed by atoms with van der Waals surface area (Å²) in [6.07, 6.45) is 1.44. The third-order valence-electron chi connectivity index (χ3n) is 2.30. The van der Waals surface area contributed by atoms with E-state index in [0.29, 0.717) is 13.0 Å². The highest BCUT2D eigenvalue weighted by Gasteiger charge is 2.26. The number of aromatic nitrogens is 2. The Morgan fingerprint density at radius 3 is 3.00 bits per heavy atom. The molecule has 0 amide bonds. The van der Waals surface area contributed by atoms with Crippen LogP contribution in [0.1, 0.15) is 28.2 Å². The molecule has 12 heavy (non-hydrogen) atoms. The van der Waals surface area contributed by atoms with Crippen LogP contribution >= 0.6 is 0 Å². The molecule has 4 nitrogen and oxygen atoms in total. The fourth-order valence-corrected chi connectivity index (χ4v) is 1.73. The molecular formula is C8H11N3O. The highest BCUT2D eigenvalue weighted by molar-refractivity contribution is 6.01. The quantitative estimate of drug-likeness (QED) is 0.637. The van der Waals surface area contributed by atoms with Crippen molar-refractivity contribution < 1.29 is 4.79 Å². The van der Waals surface area contributed by atoms with Crippen LogP contribution < -0.4 is 5.73 Å². The van der Waals surface area contributed by atoms with Crippen LogP contribution in [0.15, 0.2) is 0 Å². The van der Waals surface area contributed by atoms with Gasteiger partial charge in [0, 0.05) is 25.7 Å². The fourth-order valence-electron chi connectivity index (χ4n) is 1.73. The minimum atomic E-state index is 0.193. The molecule has 0 radical (unpaired) electrons. The largest absolute Gasteiger partial charge is 0.325 e. The molecular weight excluding hydrogens is 154 g/mol. The number of hydrogen-bond donors (Lipinski definition) is 1. The maximum atomic E-state index is 11.3. The summed E-state index contributed by atoms with van der Waals surface area (Å²) in [5, 5.41) is 4.17. The summed E-state index contributed by atoms with van der Waals surface area (Å²) in [4.78, 5) is 11.3. The summed E-state index contributed by atoms with van der Waals surface area (Å²) >= 11 is 0. The van der Waals surface area contributed by atoms with Gasteiger partial charge >= 0.3 is 0 Å². The van der Waals surface area contributed by atoms with Crippen molar-refractivity contribution in [1.29, 1.82) is 0 Å². The van der Waals surface area contributed by atoms with E-state index >= 15 is 0 Å². The van der Waals surface area contributed by atoms with Crippen molar-refractivity contribution in [2.75, 3.05) is 0 Å². The van der Waals surface area contributed by atoms with Gasteiger partial charge in [0.25, 0.3) is 0 Å². The van der Waals surface area contributed by atoms with Crippen LogP contribution in [0.2, 0.25) is 0 Å². The number of rotatable bonds is 1. The standard InChI is InChI=1S/C8H11N3O/c1-11-6-2-3-7(12)8(6)5(4-9)10-11/h2-4,9H2,1H3. The molecule has 0 saturated heterocycles. The van der Waals surface area contributed by atoms with Gasteiger partial charge in [0.1, 0.15) is 0 Å². The molecule has 0 bridgehead atoms. The normalized spacial score (nSPS) is 15.3. The molecule has 1 aromatic rings. The number of hydrogen-bond acceptors (Lipinski definition) is 3. The number of Topliss-reactive ketones (excluding diaryl/α,β-unsaturated/α-hetero) is 1. The first kappa shape index (κ1) is 7.49. The van der Waals surface area contributed by atoms with Crippen molar-refractivity contribution in [1.82, 2.24) is 9.78 Å². The van der Waals surface area contributed by atoms with Gasteiger partial charge in [0.05, 0.1) is 11.3 Å². The van der Waals surface area contributed by atoms with Crippen molar-refractivity contribution in [3.8, 4) is 0 Å². The zero-order chi connectivity index (χ0) is 8.72. The van der Waals surface area contributed by atoms with Crippen LogP contribution in [0, 0.1) is 0 Å². The lowest BCUT2D eigenvalue weighted by Crippen LogP contribution is -2.04. The maximum Gasteiger partial charge on any atom is 0.167 e. The minimum absolute atomic E-state index is 0.193.